The smallest absolute Gasteiger partial charge is 0.282 e. The number of halogens is 1. The van der Waals surface area contributed by atoms with Crippen molar-refractivity contribution in [2.24, 2.45) is 5.10 Å². The maximum absolute atomic E-state index is 13.3. The van der Waals surface area contributed by atoms with Crippen molar-refractivity contribution < 1.29 is 4.74 Å². The lowest BCUT2D eigenvalue weighted by Crippen LogP contribution is -2.25. The molecule has 0 spiro atoms. The van der Waals surface area contributed by atoms with E-state index in [1.54, 1.807) is 13.3 Å². The van der Waals surface area contributed by atoms with Gasteiger partial charge in [-0.05, 0) is 67.3 Å². The molecule has 6 heteroatoms. The lowest BCUT2D eigenvalue weighted by Gasteiger charge is -2.22. The highest BCUT2D eigenvalue weighted by molar-refractivity contribution is 9.10. The zero-order valence-electron chi connectivity index (χ0n) is 16.7. The molecule has 0 N–H and O–H groups in total. The number of benzene rings is 2. The number of ether oxygens (including phenoxy) is 1. The van der Waals surface area contributed by atoms with Gasteiger partial charge in [0.1, 0.15) is 11.6 Å². The van der Waals surface area contributed by atoms with E-state index in [4.69, 9.17) is 9.72 Å². The standard InChI is InChI=1S/C23H24BrN3O2/c1-15-12-16(8-11-21(15)29-2)14-25-27-22(17-6-4-3-5-7-17)26-20-10-9-18(24)13-19(20)23(27)28/h8-14,17H,3-7H2,1-2H3. The largest absolute Gasteiger partial charge is 0.496 e. The number of hydrogen-bond donors (Lipinski definition) is 0. The minimum absolute atomic E-state index is 0.127. The Balaban J connectivity index is 1.83. The van der Waals surface area contributed by atoms with Gasteiger partial charge in [-0.2, -0.15) is 9.78 Å². The number of fused-ring (bicyclic) bond motifs is 1. The first-order valence-electron chi connectivity index (χ1n) is 9.98. The summed E-state index contributed by atoms with van der Waals surface area (Å²) in [6.07, 6.45) is 7.40. The molecular formula is C23H24BrN3O2. The molecule has 1 fully saturated rings. The minimum atomic E-state index is -0.127. The SMILES string of the molecule is COc1ccc(C=Nn2c(C3CCCCC3)nc3ccc(Br)cc3c2=O)cc1C. The molecule has 3 aromatic rings. The summed E-state index contributed by atoms with van der Waals surface area (Å²) >= 11 is 3.46. The number of aryl methyl sites for hydroxylation is 1. The zero-order valence-corrected chi connectivity index (χ0v) is 18.3. The molecule has 0 radical (unpaired) electrons. The van der Waals surface area contributed by atoms with Crippen LogP contribution >= 0.6 is 15.9 Å². The first-order valence-corrected chi connectivity index (χ1v) is 10.8. The summed E-state index contributed by atoms with van der Waals surface area (Å²) in [7, 11) is 1.66. The summed E-state index contributed by atoms with van der Waals surface area (Å²) < 4.78 is 7.69. The molecule has 5 nitrogen and oxygen atoms in total. The fraction of sp³-hybridized carbons (Fsp3) is 0.348. The molecule has 0 unspecified atom stereocenters. The fourth-order valence-electron chi connectivity index (χ4n) is 4.01. The van der Waals surface area contributed by atoms with E-state index in [1.807, 2.05) is 43.3 Å². The van der Waals surface area contributed by atoms with Crippen LogP contribution in [-0.4, -0.2) is 23.0 Å². The number of methoxy groups -OCH3 is 1. The van der Waals surface area contributed by atoms with Crippen LogP contribution in [0.25, 0.3) is 10.9 Å². The molecule has 1 aliphatic carbocycles. The second-order valence-electron chi connectivity index (χ2n) is 7.56. The van der Waals surface area contributed by atoms with E-state index < -0.39 is 0 Å². The summed E-state index contributed by atoms with van der Waals surface area (Å²) in [6, 6.07) is 11.5. The molecule has 0 aliphatic heterocycles. The summed E-state index contributed by atoms with van der Waals surface area (Å²) in [5.41, 5.74) is 2.54. The van der Waals surface area contributed by atoms with E-state index in [0.717, 1.165) is 45.5 Å². The number of rotatable bonds is 4. The van der Waals surface area contributed by atoms with Crippen molar-refractivity contribution in [1.29, 1.82) is 0 Å². The van der Waals surface area contributed by atoms with E-state index in [2.05, 4.69) is 21.0 Å². The molecule has 1 aromatic heterocycles. The summed E-state index contributed by atoms with van der Waals surface area (Å²) in [5, 5.41) is 5.16. The van der Waals surface area contributed by atoms with E-state index >= 15 is 0 Å². The van der Waals surface area contributed by atoms with Gasteiger partial charge in [0.05, 0.1) is 24.2 Å². The van der Waals surface area contributed by atoms with Crippen molar-refractivity contribution in [1.82, 2.24) is 9.66 Å². The van der Waals surface area contributed by atoms with Crippen LogP contribution in [0.15, 0.2) is 50.8 Å². The van der Waals surface area contributed by atoms with Crippen LogP contribution in [0.4, 0.5) is 0 Å². The van der Waals surface area contributed by atoms with Crippen molar-refractivity contribution in [3.05, 3.63) is 68.2 Å². The van der Waals surface area contributed by atoms with Gasteiger partial charge in [-0.15, -0.1) is 0 Å². The van der Waals surface area contributed by atoms with E-state index in [0.29, 0.717) is 5.39 Å². The molecule has 150 valence electrons. The van der Waals surface area contributed by atoms with Crippen molar-refractivity contribution in [2.45, 2.75) is 44.9 Å². The quantitative estimate of drug-likeness (QED) is 0.496. The van der Waals surface area contributed by atoms with Crippen LogP contribution in [0.2, 0.25) is 0 Å². The van der Waals surface area contributed by atoms with E-state index in [1.165, 1.54) is 23.9 Å². The Bertz CT molecular complexity index is 1130. The molecular weight excluding hydrogens is 430 g/mol. The lowest BCUT2D eigenvalue weighted by atomic mass is 9.88. The maximum atomic E-state index is 13.3. The Hall–Kier alpha value is -2.47. The van der Waals surface area contributed by atoms with Crippen LogP contribution in [0.3, 0.4) is 0 Å². The van der Waals surface area contributed by atoms with Crippen LogP contribution in [0.1, 0.15) is 55.0 Å². The van der Waals surface area contributed by atoms with Crippen LogP contribution in [0.5, 0.6) is 5.75 Å². The predicted octanol–water partition coefficient (Wildman–Crippen LogP) is 5.41. The van der Waals surface area contributed by atoms with Crippen molar-refractivity contribution in [2.75, 3.05) is 7.11 Å². The normalized spacial score (nSPS) is 15.3. The van der Waals surface area contributed by atoms with Gasteiger partial charge in [0.2, 0.25) is 0 Å². The molecule has 4 rings (SSSR count). The van der Waals surface area contributed by atoms with Crippen LogP contribution in [-0.2, 0) is 0 Å². The summed E-state index contributed by atoms with van der Waals surface area (Å²) in [4.78, 5) is 18.2. The Morgan fingerprint density at radius 2 is 1.97 bits per heavy atom. The molecule has 0 amide bonds. The van der Waals surface area contributed by atoms with Crippen LogP contribution < -0.4 is 10.3 Å². The van der Waals surface area contributed by atoms with E-state index in [-0.39, 0.29) is 11.5 Å². The van der Waals surface area contributed by atoms with Crippen molar-refractivity contribution in [3.63, 3.8) is 0 Å². The molecule has 0 bridgehead atoms. The molecule has 1 saturated carbocycles. The summed E-state index contributed by atoms with van der Waals surface area (Å²) in [6.45, 7) is 1.99. The molecule has 1 aliphatic rings. The Kier molecular flexibility index (Phi) is 5.81. The lowest BCUT2D eigenvalue weighted by molar-refractivity contribution is 0.411. The van der Waals surface area contributed by atoms with Gasteiger partial charge in [0, 0.05) is 10.4 Å². The van der Waals surface area contributed by atoms with Crippen LogP contribution in [0, 0.1) is 6.92 Å². The van der Waals surface area contributed by atoms with Gasteiger partial charge in [-0.25, -0.2) is 4.98 Å². The monoisotopic (exact) mass is 453 g/mol. The third-order valence-electron chi connectivity index (χ3n) is 5.54. The van der Waals surface area contributed by atoms with Gasteiger partial charge in [0.25, 0.3) is 5.56 Å². The Labute approximate surface area is 178 Å². The van der Waals surface area contributed by atoms with Gasteiger partial charge in [-0.1, -0.05) is 35.2 Å². The number of hydrogen-bond acceptors (Lipinski definition) is 4. The Morgan fingerprint density at radius 3 is 2.69 bits per heavy atom. The first-order chi connectivity index (χ1) is 14.1. The second-order valence-corrected chi connectivity index (χ2v) is 8.47. The van der Waals surface area contributed by atoms with Gasteiger partial charge < -0.3 is 4.74 Å². The highest BCUT2D eigenvalue weighted by Gasteiger charge is 2.22. The molecule has 2 aromatic carbocycles. The van der Waals surface area contributed by atoms with Gasteiger partial charge >= 0.3 is 0 Å². The molecule has 29 heavy (non-hydrogen) atoms. The highest BCUT2D eigenvalue weighted by atomic mass is 79.9. The molecule has 0 atom stereocenters. The third-order valence-corrected chi connectivity index (χ3v) is 6.04. The Morgan fingerprint density at radius 1 is 1.17 bits per heavy atom. The number of nitrogens with zero attached hydrogens (tertiary/aromatic N) is 3. The number of aromatic nitrogens is 2. The van der Waals surface area contributed by atoms with E-state index in [9.17, 15) is 4.79 Å². The predicted molar refractivity (Wildman–Crippen MR) is 120 cm³/mol. The fourth-order valence-corrected chi connectivity index (χ4v) is 4.37. The van der Waals surface area contributed by atoms with Crippen molar-refractivity contribution >= 4 is 33.0 Å². The van der Waals surface area contributed by atoms with Crippen molar-refractivity contribution in [3.8, 4) is 5.75 Å². The first kappa shape index (κ1) is 19.8. The average Bonchev–Trinajstić information content (AvgIpc) is 2.74. The molecule has 0 saturated heterocycles. The molecule has 1 heterocycles. The maximum Gasteiger partial charge on any atom is 0.282 e. The topological polar surface area (TPSA) is 56.5 Å². The third kappa shape index (κ3) is 4.13. The average molecular weight is 454 g/mol. The summed E-state index contributed by atoms with van der Waals surface area (Å²) in [5.74, 6) is 1.87. The van der Waals surface area contributed by atoms with Gasteiger partial charge in [0.15, 0.2) is 0 Å². The van der Waals surface area contributed by atoms with Gasteiger partial charge in [-0.3, -0.25) is 4.79 Å². The zero-order chi connectivity index (χ0) is 20.4. The minimum Gasteiger partial charge on any atom is -0.496 e. The second kappa shape index (κ2) is 8.49. The highest BCUT2D eigenvalue weighted by Crippen LogP contribution is 2.32.